The molecule has 9 heteroatoms. The second kappa shape index (κ2) is 6.80. The molecular formula is C21H20F3N5O. The van der Waals surface area contributed by atoms with Gasteiger partial charge in [-0.05, 0) is 43.0 Å². The number of aliphatic hydroxyl groups is 1. The monoisotopic (exact) mass is 415 g/mol. The number of halogens is 3. The molecule has 0 radical (unpaired) electrons. The van der Waals surface area contributed by atoms with E-state index in [1.54, 1.807) is 23.3 Å². The molecule has 1 atom stereocenters. The number of nitrogens with zero attached hydrogens (tertiary/aromatic N) is 5. The molecule has 156 valence electrons. The van der Waals surface area contributed by atoms with Crippen LogP contribution >= 0.6 is 0 Å². The molecule has 1 spiro atoms. The van der Waals surface area contributed by atoms with Crippen molar-refractivity contribution in [3.8, 4) is 5.69 Å². The fourth-order valence-electron chi connectivity index (χ4n) is 4.72. The normalized spacial score (nSPS) is 19.4. The Balaban J connectivity index is 1.22. The Kier molecular flexibility index (Phi) is 4.32. The predicted octanol–water partition coefficient (Wildman–Crippen LogP) is 3.63. The van der Waals surface area contributed by atoms with E-state index in [2.05, 4.69) is 15.1 Å². The summed E-state index contributed by atoms with van der Waals surface area (Å²) in [7, 11) is 0. The second-order valence-electron chi connectivity index (χ2n) is 8.25. The van der Waals surface area contributed by atoms with Gasteiger partial charge in [0.2, 0.25) is 0 Å². The zero-order chi connectivity index (χ0) is 20.9. The van der Waals surface area contributed by atoms with Crippen LogP contribution in [0.1, 0.15) is 30.2 Å². The molecule has 1 aliphatic carbocycles. The summed E-state index contributed by atoms with van der Waals surface area (Å²) in [5, 5.41) is 15.2. The van der Waals surface area contributed by atoms with Crippen molar-refractivity contribution >= 4 is 5.69 Å². The van der Waals surface area contributed by atoms with E-state index in [1.165, 1.54) is 12.3 Å². The van der Waals surface area contributed by atoms with Crippen LogP contribution in [-0.2, 0) is 6.18 Å². The van der Waals surface area contributed by atoms with E-state index in [0.29, 0.717) is 5.69 Å². The lowest BCUT2D eigenvalue weighted by Crippen LogP contribution is -2.63. The first-order valence-electron chi connectivity index (χ1n) is 9.75. The summed E-state index contributed by atoms with van der Waals surface area (Å²) < 4.78 is 39.7. The summed E-state index contributed by atoms with van der Waals surface area (Å²) in [6, 6.07) is 6.16. The molecule has 0 aromatic carbocycles. The van der Waals surface area contributed by atoms with Crippen LogP contribution in [0.2, 0.25) is 0 Å². The molecule has 0 bridgehead atoms. The molecule has 6 nitrogen and oxygen atoms in total. The smallest absolute Gasteiger partial charge is 0.388 e. The van der Waals surface area contributed by atoms with Crippen molar-refractivity contribution in [1.82, 2.24) is 19.7 Å². The summed E-state index contributed by atoms with van der Waals surface area (Å²) >= 11 is 0. The number of pyridine rings is 2. The van der Waals surface area contributed by atoms with Gasteiger partial charge in [0.1, 0.15) is 5.69 Å². The van der Waals surface area contributed by atoms with Crippen molar-refractivity contribution in [3.63, 3.8) is 0 Å². The number of rotatable bonds is 4. The summed E-state index contributed by atoms with van der Waals surface area (Å²) in [6.07, 6.45) is 4.85. The fourth-order valence-corrected chi connectivity index (χ4v) is 4.72. The standard InChI is InChI=1S/C21H20F3N5O/c22-21(23,24)18-3-2-15(10-26-18)28-12-20(13-28)8-14(9-20)19(30)16-11-25-6-4-17(16)29-7-1-5-27-29/h1-7,10-11,14,19,30H,8-9,12-13H2. The molecule has 30 heavy (non-hydrogen) atoms. The highest BCUT2D eigenvalue weighted by Gasteiger charge is 2.54. The highest BCUT2D eigenvalue weighted by Crippen LogP contribution is 2.56. The SMILES string of the molecule is OC(c1cnccc1-n1cccn1)C1CC2(C1)CN(c1ccc(C(F)(F)F)nc1)C2. The highest BCUT2D eigenvalue weighted by molar-refractivity contribution is 5.49. The third-order valence-electron chi connectivity index (χ3n) is 6.19. The minimum atomic E-state index is -4.42. The molecule has 3 aromatic rings. The lowest BCUT2D eigenvalue weighted by Gasteiger charge is -2.60. The average Bonchev–Trinajstić information content (AvgIpc) is 3.20. The largest absolute Gasteiger partial charge is 0.433 e. The van der Waals surface area contributed by atoms with Crippen LogP contribution in [-0.4, -0.2) is 37.9 Å². The van der Waals surface area contributed by atoms with Crippen LogP contribution in [0.3, 0.4) is 0 Å². The van der Waals surface area contributed by atoms with Crippen LogP contribution in [0.4, 0.5) is 18.9 Å². The van der Waals surface area contributed by atoms with E-state index in [1.807, 2.05) is 23.2 Å². The van der Waals surface area contributed by atoms with Crippen LogP contribution in [0, 0.1) is 11.3 Å². The first-order valence-corrected chi connectivity index (χ1v) is 9.75. The van der Waals surface area contributed by atoms with Gasteiger partial charge in [-0.15, -0.1) is 0 Å². The number of hydrogen-bond donors (Lipinski definition) is 1. The van der Waals surface area contributed by atoms with Gasteiger partial charge >= 0.3 is 6.18 Å². The van der Waals surface area contributed by atoms with Crippen molar-refractivity contribution < 1.29 is 18.3 Å². The van der Waals surface area contributed by atoms with Crippen LogP contribution in [0.15, 0.2) is 55.2 Å². The molecular weight excluding hydrogens is 395 g/mol. The molecule has 1 saturated carbocycles. The van der Waals surface area contributed by atoms with E-state index in [9.17, 15) is 18.3 Å². The second-order valence-corrected chi connectivity index (χ2v) is 8.25. The van der Waals surface area contributed by atoms with Crippen molar-refractivity contribution in [2.75, 3.05) is 18.0 Å². The minimum absolute atomic E-state index is 0.114. The number of hydrogen-bond acceptors (Lipinski definition) is 5. The van der Waals surface area contributed by atoms with Gasteiger partial charge in [-0.25, -0.2) is 9.67 Å². The minimum Gasteiger partial charge on any atom is -0.388 e. The third kappa shape index (κ3) is 3.23. The summed E-state index contributed by atoms with van der Waals surface area (Å²) in [6.45, 7) is 1.53. The van der Waals surface area contributed by atoms with Crippen molar-refractivity contribution in [2.24, 2.45) is 11.3 Å². The Hall–Kier alpha value is -2.94. The first kappa shape index (κ1) is 19.0. The summed E-state index contributed by atoms with van der Waals surface area (Å²) in [5.74, 6) is 0.122. The average molecular weight is 415 g/mol. The Morgan fingerprint density at radius 2 is 1.90 bits per heavy atom. The molecule has 1 unspecified atom stereocenters. The van der Waals surface area contributed by atoms with Gasteiger partial charge in [-0.3, -0.25) is 4.98 Å². The molecule has 2 aliphatic rings. The Labute approximate surface area is 171 Å². The molecule has 0 amide bonds. The van der Waals surface area contributed by atoms with Crippen LogP contribution in [0.25, 0.3) is 5.69 Å². The summed E-state index contributed by atoms with van der Waals surface area (Å²) in [5.41, 5.74) is 1.50. The van der Waals surface area contributed by atoms with Gasteiger partial charge in [0.25, 0.3) is 0 Å². The van der Waals surface area contributed by atoms with Crippen LogP contribution < -0.4 is 4.90 Å². The topological polar surface area (TPSA) is 67.1 Å². The quantitative estimate of drug-likeness (QED) is 0.705. The maximum absolute atomic E-state index is 12.7. The highest BCUT2D eigenvalue weighted by atomic mass is 19.4. The zero-order valence-corrected chi connectivity index (χ0v) is 16.0. The zero-order valence-electron chi connectivity index (χ0n) is 16.0. The van der Waals surface area contributed by atoms with Gasteiger partial charge in [0.15, 0.2) is 0 Å². The molecule has 1 N–H and O–H groups in total. The molecule has 2 fully saturated rings. The molecule has 1 aliphatic heterocycles. The van der Waals surface area contributed by atoms with Gasteiger partial charge in [-0.1, -0.05) is 0 Å². The fraction of sp³-hybridized carbons (Fsp3) is 0.381. The van der Waals surface area contributed by atoms with Crippen LogP contribution in [0.5, 0.6) is 0 Å². The number of anilines is 1. The molecule has 1 saturated heterocycles. The lowest BCUT2D eigenvalue weighted by molar-refractivity contribution is -0.141. The Morgan fingerprint density at radius 3 is 2.53 bits per heavy atom. The van der Waals surface area contributed by atoms with E-state index in [4.69, 9.17) is 0 Å². The first-order chi connectivity index (χ1) is 14.3. The molecule has 3 aromatic heterocycles. The maximum Gasteiger partial charge on any atom is 0.433 e. The van der Waals surface area contributed by atoms with Crippen molar-refractivity contribution in [1.29, 1.82) is 0 Å². The van der Waals surface area contributed by atoms with Crippen molar-refractivity contribution in [2.45, 2.75) is 25.1 Å². The van der Waals surface area contributed by atoms with Gasteiger partial charge in [-0.2, -0.15) is 18.3 Å². The lowest BCUT2D eigenvalue weighted by atomic mass is 9.55. The van der Waals surface area contributed by atoms with E-state index in [0.717, 1.165) is 43.2 Å². The van der Waals surface area contributed by atoms with E-state index in [-0.39, 0.29) is 11.3 Å². The number of alkyl halides is 3. The van der Waals surface area contributed by atoms with Gasteiger partial charge in [0, 0.05) is 48.9 Å². The Bertz CT molecular complexity index is 1020. The van der Waals surface area contributed by atoms with Gasteiger partial charge < -0.3 is 10.0 Å². The number of aromatic nitrogens is 4. The summed E-state index contributed by atoms with van der Waals surface area (Å²) in [4.78, 5) is 9.74. The number of aliphatic hydroxyl groups excluding tert-OH is 1. The maximum atomic E-state index is 12.7. The van der Waals surface area contributed by atoms with E-state index >= 15 is 0 Å². The van der Waals surface area contributed by atoms with Gasteiger partial charge in [0.05, 0.1) is 23.7 Å². The van der Waals surface area contributed by atoms with E-state index < -0.39 is 18.0 Å². The molecule has 5 rings (SSSR count). The van der Waals surface area contributed by atoms with Crippen molar-refractivity contribution in [3.05, 3.63) is 66.5 Å². The molecule has 4 heterocycles. The predicted molar refractivity (Wildman–Crippen MR) is 103 cm³/mol. The third-order valence-corrected chi connectivity index (χ3v) is 6.19. The Morgan fingerprint density at radius 1 is 1.10 bits per heavy atom.